The molecule has 1 N–H and O–H groups in total. The summed E-state index contributed by atoms with van der Waals surface area (Å²) in [5.41, 5.74) is 3.57. The summed E-state index contributed by atoms with van der Waals surface area (Å²) >= 11 is 3.66. The van der Waals surface area contributed by atoms with Crippen molar-refractivity contribution in [2.45, 2.75) is 40.8 Å². The minimum atomic E-state index is 0.526. The molecule has 2 aromatic carbocycles. The highest BCUT2D eigenvalue weighted by Crippen LogP contribution is 2.34. The summed E-state index contributed by atoms with van der Waals surface area (Å²) in [5.74, 6) is 2.18. The smallest absolute Gasteiger partial charge is 0.162 e. The van der Waals surface area contributed by atoms with E-state index in [0.717, 1.165) is 34.6 Å². The summed E-state index contributed by atoms with van der Waals surface area (Å²) in [6, 6.07) is 12.4. The minimum absolute atomic E-state index is 0.526. The van der Waals surface area contributed by atoms with Crippen LogP contribution in [0.15, 0.2) is 40.9 Å². The van der Waals surface area contributed by atoms with Crippen molar-refractivity contribution in [3.05, 3.63) is 57.6 Å². The summed E-state index contributed by atoms with van der Waals surface area (Å²) in [7, 11) is 0. The Bertz CT molecular complexity index is 668. The lowest BCUT2D eigenvalue weighted by Gasteiger charge is -2.16. The van der Waals surface area contributed by atoms with Crippen molar-refractivity contribution in [3.8, 4) is 11.5 Å². The van der Waals surface area contributed by atoms with E-state index in [1.807, 2.05) is 13.0 Å². The maximum Gasteiger partial charge on any atom is 0.162 e. The molecule has 0 saturated carbocycles. The largest absolute Gasteiger partial charge is 0.490 e. The van der Waals surface area contributed by atoms with Crippen molar-refractivity contribution in [3.63, 3.8) is 0 Å². The third-order valence-electron chi connectivity index (χ3n) is 3.80. The summed E-state index contributed by atoms with van der Waals surface area (Å²) in [6.45, 7) is 11.4. The Morgan fingerprint density at radius 2 is 1.72 bits per heavy atom. The molecule has 4 heteroatoms. The average molecular weight is 406 g/mol. The Balaban J connectivity index is 2.10. The van der Waals surface area contributed by atoms with Crippen LogP contribution in [0.2, 0.25) is 0 Å². The van der Waals surface area contributed by atoms with Crippen LogP contribution in [-0.2, 0) is 13.2 Å². The number of hydrogen-bond donors (Lipinski definition) is 1. The Hall–Kier alpha value is -1.52. The van der Waals surface area contributed by atoms with E-state index in [4.69, 9.17) is 9.47 Å². The van der Waals surface area contributed by atoms with Gasteiger partial charge in [0.15, 0.2) is 11.5 Å². The molecule has 136 valence electrons. The molecule has 2 rings (SSSR count). The molecule has 0 aliphatic carbocycles. The van der Waals surface area contributed by atoms with Crippen LogP contribution in [0.3, 0.4) is 0 Å². The average Bonchev–Trinajstić information content (AvgIpc) is 2.57. The molecule has 3 nitrogen and oxygen atoms in total. The maximum absolute atomic E-state index is 6.02. The molecule has 0 bridgehead atoms. The van der Waals surface area contributed by atoms with E-state index < -0.39 is 0 Å². The number of rotatable bonds is 9. The first-order chi connectivity index (χ1) is 12.0. The molecule has 25 heavy (non-hydrogen) atoms. The molecule has 0 radical (unpaired) electrons. The zero-order valence-corrected chi connectivity index (χ0v) is 17.2. The Labute approximate surface area is 159 Å². The van der Waals surface area contributed by atoms with Gasteiger partial charge in [-0.15, -0.1) is 0 Å². The second-order valence-corrected chi connectivity index (χ2v) is 7.48. The van der Waals surface area contributed by atoms with Crippen molar-refractivity contribution in [2.75, 3.05) is 13.2 Å². The van der Waals surface area contributed by atoms with Gasteiger partial charge in [-0.05, 0) is 49.6 Å². The van der Waals surface area contributed by atoms with Crippen LogP contribution in [0, 0.1) is 12.8 Å². The summed E-state index contributed by atoms with van der Waals surface area (Å²) in [4.78, 5) is 0. The minimum Gasteiger partial charge on any atom is -0.490 e. The molecule has 0 amide bonds. The zero-order chi connectivity index (χ0) is 18.2. The van der Waals surface area contributed by atoms with Gasteiger partial charge in [0.25, 0.3) is 0 Å². The fourth-order valence-electron chi connectivity index (χ4n) is 2.43. The second kappa shape index (κ2) is 9.83. The summed E-state index contributed by atoms with van der Waals surface area (Å²) in [6.07, 6.45) is 0. The molecule has 0 aliphatic rings. The Morgan fingerprint density at radius 1 is 1.04 bits per heavy atom. The van der Waals surface area contributed by atoms with E-state index in [0.29, 0.717) is 19.1 Å². The molecule has 0 saturated heterocycles. The van der Waals surface area contributed by atoms with Crippen LogP contribution in [0.5, 0.6) is 11.5 Å². The van der Waals surface area contributed by atoms with E-state index in [2.05, 4.69) is 72.3 Å². The number of halogens is 1. The van der Waals surface area contributed by atoms with Gasteiger partial charge in [0.2, 0.25) is 0 Å². The van der Waals surface area contributed by atoms with Crippen molar-refractivity contribution in [1.29, 1.82) is 0 Å². The molecule has 0 atom stereocenters. The van der Waals surface area contributed by atoms with Gasteiger partial charge < -0.3 is 14.8 Å². The van der Waals surface area contributed by atoms with Gasteiger partial charge in [0.05, 0.1) is 6.61 Å². The predicted molar refractivity (Wildman–Crippen MR) is 107 cm³/mol. The molecule has 2 aromatic rings. The van der Waals surface area contributed by atoms with Gasteiger partial charge in [-0.1, -0.05) is 59.6 Å². The van der Waals surface area contributed by atoms with Crippen molar-refractivity contribution in [2.24, 2.45) is 5.92 Å². The molecule has 0 heterocycles. The Kier molecular flexibility index (Phi) is 7.79. The van der Waals surface area contributed by atoms with Crippen LogP contribution < -0.4 is 14.8 Å². The highest BCUT2D eigenvalue weighted by molar-refractivity contribution is 9.10. The highest BCUT2D eigenvalue weighted by Gasteiger charge is 2.11. The molecule has 0 fully saturated rings. The van der Waals surface area contributed by atoms with Crippen molar-refractivity contribution >= 4 is 15.9 Å². The molecule has 0 unspecified atom stereocenters. The molecule has 0 aliphatic heterocycles. The van der Waals surface area contributed by atoms with Gasteiger partial charge in [-0.25, -0.2) is 0 Å². The quantitative estimate of drug-likeness (QED) is 0.598. The van der Waals surface area contributed by atoms with Gasteiger partial charge in [-0.2, -0.15) is 0 Å². The van der Waals surface area contributed by atoms with E-state index in [-0.39, 0.29) is 0 Å². The number of ether oxygens (including phenoxy) is 2. The number of aryl methyl sites for hydroxylation is 1. The normalized spacial score (nSPS) is 11.0. The van der Waals surface area contributed by atoms with Crippen LogP contribution in [0.4, 0.5) is 0 Å². The predicted octanol–water partition coefficient (Wildman–Crippen LogP) is 5.48. The zero-order valence-electron chi connectivity index (χ0n) is 15.6. The number of hydrogen-bond acceptors (Lipinski definition) is 3. The lowest BCUT2D eigenvalue weighted by Crippen LogP contribution is -2.19. The fourth-order valence-corrected chi connectivity index (χ4v) is 2.90. The highest BCUT2D eigenvalue weighted by atomic mass is 79.9. The van der Waals surface area contributed by atoms with Gasteiger partial charge >= 0.3 is 0 Å². The SMILES string of the molecule is CCOc1cc(CNCC(C)C)c(Br)cc1OCc1ccc(C)cc1. The fraction of sp³-hybridized carbons (Fsp3) is 0.429. The monoisotopic (exact) mass is 405 g/mol. The summed E-state index contributed by atoms with van der Waals surface area (Å²) < 4.78 is 12.8. The second-order valence-electron chi connectivity index (χ2n) is 6.62. The number of benzene rings is 2. The Morgan fingerprint density at radius 3 is 2.36 bits per heavy atom. The van der Waals surface area contributed by atoms with E-state index in [9.17, 15) is 0 Å². The van der Waals surface area contributed by atoms with Crippen LogP contribution >= 0.6 is 15.9 Å². The van der Waals surface area contributed by atoms with E-state index in [1.54, 1.807) is 0 Å². The van der Waals surface area contributed by atoms with Crippen LogP contribution in [0.1, 0.15) is 37.5 Å². The topological polar surface area (TPSA) is 30.5 Å². The van der Waals surface area contributed by atoms with Crippen LogP contribution in [-0.4, -0.2) is 13.2 Å². The van der Waals surface area contributed by atoms with Crippen LogP contribution in [0.25, 0.3) is 0 Å². The first-order valence-electron chi connectivity index (χ1n) is 8.83. The van der Waals surface area contributed by atoms with Gasteiger partial charge in [-0.3, -0.25) is 0 Å². The van der Waals surface area contributed by atoms with Gasteiger partial charge in [0.1, 0.15) is 6.61 Å². The molecular formula is C21H28BrNO2. The maximum atomic E-state index is 6.02. The third kappa shape index (κ3) is 6.37. The van der Waals surface area contributed by atoms with Crippen molar-refractivity contribution in [1.82, 2.24) is 5.32 Å². The van der Waals surface area contributed by atoms with Crippen molar-refractivity contribution < 1.29 is 9.47 Å². The lowest BCUT2D eigenvalue weighted by molar-refractivity contribution is 0.269. The molecule has 0 spiro atoms. The van der Waals surface area contributed by atoms with Gasteiger partial charge in [0, 0.05) is 11.0 Å². The third-order valence-corrected chi connectivity index (χ3v) is 4.53. The molecular weight excluding hydrogens is 378 g/mol. The van der Waals surface area contributed by atoms with E-state index >= 15 is 0 Å². The first kappa shape index (κ1) is 19.8. The lowest BCUT2D eigenvalue weighted by atomic mass is 10.1. The first-order valence-corrected chi connectivity index (χ1v) is 9.63. The molecule has 0 aromatic heterocycles. The summed E-state index contributed by atoms with van der Waals surface area (Å²) in [5, 5.41) is 3.47. The van der Waals surface area contributed by atoms with E-state index in [1.165, 1.54) is 11.1 Å². The number of nitrogens with one attached hydrogen (secondary N) is 1. The standard InChI is InChI=1S/C21H28BrNO2/c1-5-24-20-10-18(13-23-12-15(2)3)19(22)11-21(20)25-14-17-8-6-16(4)7-9-17/h6-11,15,23H,5,12-14H2,1-4H3.